The molecule has 0 saturated carbocycles. The molecule has 2 heterocycles. The van der Waals surface area contributed by atoms with Crippen molar-refractivity contribution in [3.05, 3.63) is 71.9 Å². The smallest absolute Gasteiger partial charge is 0.315 e. The van der Waals surface area contributed by atoms with Crippen LogP contribution in [0.5, 0.6) is 0 Å². The number of urea groups is 1. The standard InChI is InChI=1S/C24H25N7O3S/c32-24(28-16-18-7-2-1-3-8-18)26-12-5-9-19-17-27-23-30-20-10-4-11-21(15-20)35(33,34)29-14-6-13-25-22(19)31-23/h1-4,7-8,10-11,15,17,29H,6,12-14,16H2,(H2,26,28,32)(H2,25,27,30,31). The van der Waals surface area contributed by atoms with Crippen LogP contribution in [-0.2, 0) is 16.6 Å². The van der Waals surface area contributed by atoms with Crippen LogP contribution in [0, 0.1) is 11.8 Å². The Morgan fingerprint density at radius 1 is 1.06 bits per heavy atom. The number of fused-ring (bicyclic) bond motifs is 4. The van der Waals surface area contributed by atoms with Crippen LogP contribution in [0.25, 0.3) is 0 Å². The lowest BCUT2D eigenvalue weighted by atomic mass is 10.2. The molecule has 2 aromatic carbocycles. The molecule has 5 N–H and O–H groups in total. The molecule has 3 aromatic rings. The Balaban J connectivity index is 1.42. The lowest BCUT2D eigenvalue weighted by molar-refractivity contribution is 0.241. The second kappa shape index (κ2) is 11.3. The van der Waals surface area contributed by atoms with Gasteiger partial charge in [0.25, 0.3) is 0 Å². The van der Waals surface area contributed by atoms with E-state index >= 15 is 0 Å². The van der Waals surface area contributed by atoms with E-state index in [1.807, 2.05) is 30.3 Å². The van der Waals surface area contributed by atoms with Crippen LogP contribution >= 0.6 is 0 Å². The molecule has 0 atom stereocenters. The Morgan fingerprint density at radius 3 is 2.77 bits per heavy atom. The highest BCUT2D eigenvalue weighted by atomic mass is 32.2. The minimum absolute atomic E-state index is 0.147. The number of carbonyl (C=O) groups is 1. The van der Waals surface area contributed by atoms with Crippen molar-refractivity contribution in [3.8, 4) is 11.8 Å². The first-order valence-corrected chi connectivity index (χ1v) is 12.5. The SMILES string of the molecule is O=C(NCC#Cc1cnc2nc1NCCCNS(=O)(=O)c1cccc(c1)N2)NCc1ccccc1. The molecule has 0 unspecified atom stereocenters. The van der Waals surface area contributed by atoms with Crippen LogP contribution in [0.1, 0.15) is 17.5 Å². The van der Waals surface area contributed by atoms with E-state index in [0.29, 0.717) is 42.5 Å². The molecule has 0 saturated heterocycles. The van der Waals surface area contributed by atoms with Crippen LogP contribution in [0.2, 0.25) is 0 Å². The van der Waals surface area contributed by atoms with E-state index in [1.54, 1.807) is 18.3 Å². The summed E-state index contributed by atoms with van der Waals surface area (Å²) in [5.74, 6) is 6.70. The van der Waals surface area contributed by atoms with Gasteiger partial charge in [0, 0.05) is 25.3 Å². The van der Waals surface area contributed by atoms with Crippen molar-refractivity contribution in [2.75, 3.05) is 30.3 Å². The van der Waals surface area contributed by atoms with Crippen molar-refractivity contribution in [2.24, 2.45) is 0 Å². The van der Waals surface area contributed by atoms with E-state index < -0.39 is 10.0 Å². The summed E-state index contributed by atoms with van der Waals surface area (Å²) in [5.41, 5.74) is 2.11. The van der Waals surface area contributed by atoms with Gasteiger partial charge in [-0.15, -0.1) is 0 Å². The third-order valence-electron chi connectivity index (χ3n) is 4.98. The minimum atomic E-state index is -3.61. The van der Waals surface area contributed by atoms with Crippen molar-refractivity contribution in [1.82, 2.24) is 25.3 Å². The summed E-state index contributed by atoms with van der Waals surface area (Å²) < 4.78 is 27.5. The summed E-state index contributed by atoms with van der Waals surface area (Å²) in [6.45, 7) is 1.32. The zero-order valence-electron chi connectivity index (χ0n) is 18.8. The number of rotatable bonds is 3. The monoisotopic (exact) mass is 491 g/mol. The number of hydrogen-bond acceptors (Lipinski definition) is 7. The van der Waals surface area contributed by atoms with Gasteiger partial charge in [0.1, 0.15) is 5.82 Å². The third-order valence-corrected chi connectivity index (χ3v) is 6.44. The van der Waals surface area contributed by atoms with Gasteiger partial charge in [-0.1, -0.05) is 48.2 Å². The number of nitrogens with one attached hydrogen (secondary N) is 5. The van der Waals surface area contributed by atoms with Crippen LogP contribution in [-0.4, -0.2) is 44.1 Å². The van der Waals surface area contributed by atoms with Gasteiger partial charge >= 0.3 is 6.03 Å². The molecule has 1 aliphatic rings. The van der Waals surface area contributed by atoms with Gasteiger partial charge in [0.2, 0.25) is 16.0 Å². The number of hydrogen-bond donors (Lipinski definition) is 5. The molecule has 1 aromatic heterocycles. The molecule has 0 radical (unpaired) electrons. The lowest BCUT2D eigenvalue weighted by Gasteiger charge is -2.10. The summed E-state index contributed by atoms with van der Waals surface area (Å²) in [5, 5.41) is 11.7. The largest absolute Gasteiger partial charge is 0.369 e. The molecule has 4 rings (SSSR count). The van der Waals surface area contributed by atoms with Crippen molar-refractivity contribution in [1.29, 1.82) is 0 Å². The number of anilines is 3. The Kier molecular flexibility index (Phi) is 7.77. The zero-order chi connectivity index (χ0) is 24.5. The minimum Gasteiger partial charge on any atom is -0.369 e. The molecule has 10 nitrogen and oxygen atoms in total. The van der Waals surface area contributed by atoms with E-state index in [9.17, 15) is 13.2 Å². The molecule has 1 aliphatic heterocycles. The summed E-state index contributed by atoms with van der Waals surface area (Å²) in [6.07, 6.45) is 2.13. The quantitative estimate of drug-likeness (QED) is 0.354. The molecule has 0 spiro atoms. The fraction of sp³-hybridized carbons (Fsp3) is 0.208. The average Bonchev–Trinajstić information content (AvgIpc) is 2.87. The highest BCUT2D eigenvalue weighted by molar-refractivity contribution is 7.89. The number of carbonyl (C=O) groups excluding carboxylic acids is 1. The molecule has 2 amide bonds. The maximum atomic E-state index is 12.5. The predicted molar refractivity (Wildman–Crippen MR) is 134 cm³/mol. The van der Waals surface area contributed by atoms with Gasteiger partial charge in [-0.2, -0.15) is 4.98 Å². The van der Waals surface area contributed by atoms with Gasteiger partial charge in [-0.3, -0.25) is 0 Å². The summed E-state index contributed by atoms with van der Waals surface area (Å²) in [7, 11) is -3.61. The van der Waals surface area contributed by atoms with E-state index in [4.69, 9.17) is 0 Å². The number of aromatic nitrogens is 2. The van der Waals surface area contributed by atoms with Gasteiger partial charge in [0.15, 0.2) is 0 Å². The fourth-order valence-corrected chi connectivity index (χ4v) is 4.35. The Bertz CT molecular complexity index is 1350. The number of benzene rings is 2. The van der Waals surface area contributed by atoms with E-state index in [0.717, 1.165) is 5.56 Å². The van der Waals surface area contributed by atoms with E-state index in [1.165, 1.54) is 12.1 Å². The first kappa shape index (κ1) is 24.0. The average molecular weight is 492 g/mol. The highest BCUT2D eigenvalue weighted by Gasteiger charge is 2.15. The molecular formula is C24H25N7O3S. The van der Waals surface area contributed by atoms with E-state index in [2.05, 4.69) is 47.8 Å². The topological polar surface area (TPSA) is 137 Å². The van der Waals surface area contributed by atoms with Crippen molar-refractivity contribution in [2.45, 2.75) is 17.9 Å². The van der Waals surface area contributed by atoms with Gasteiger partial charge in [0.05, 0.1) is 23.2 Å². The number of nitrogens with zero attached hydrogens (tertiary/aromatic N) is 2. The number of sulfonamides is 1. The van der Waals surface area contributed by atoms with Crippen molar-refractivity contribution >= 4 is 33.5 Å². The molecule has 180 valence electrons. The van der Waals surface area contributed by atoms with Crippen LogP contribution in [0.15, 0.2) is 65.7 Å². The first-order valence-electron chi connectivity index (χ1n) is 11.0. The highest BCUT2D eigenvalue weighted by Crippen LogP contribution is 2.20. The molecule has 11 heteroatoms. The van der Waals surface area contributed by atoms with Crippen LogP contribution < -0.4 is 26.0 Å². The second-order valence-electron chi connectivity index (χ2n) is 7.61. The maximum Gasteiger partial charge on any atom is 0.315 e. The molecule has 0 aliphatic carbocycles. The first-order chi connectivity index (χ1) is 17.0. The van der Waals surface area contributed by atoms with E-state index in [-0.39, 0.29) is 24.0 Å². The Hall–Kier alpha value is -4.14. The zero-order valence-corrected chi connectivity index (χ0v) is 19.7. The van der Waals surface area contributed by atoms with Gasteiger partial charge < -0.3 is 21.3 Å². The summed E-state index contributed by atoms with van der Waals surface area (Å²) in [6, 6.07) is 15.8. The Morgan fingerprint density at radius 2 is 1.91 bits per heavy atom. The number of amides is 2. The molecule has 0 fully saturated rings. The molecule has 35 heavy (non-hydrogen) atoms. The van der Waals surface area contributed by atoms with Crippen molar-refractivity contribution in [3.63, 3.8) is 0 Å². The third kappa shape index (κ3) is 6.92. The molecule has 4 bridgehead atoms. The fourth-order valence-electron chi connectivity index (χ4n) is 3.23. The summed E-state index contributed by atoms with van der Waals surface area (Å²) >= 11 is 0. The van der Waals surface area contributed by atoms with Crippen LogP contribution in [0.3, 0.4) is 0 Å². The van der Waals surface area contributed by atoms with Crippen LogP contribution in [0.4, 0.5) is 22.2 Å². The predicted octanol–water partition coefficient (Wildman–Crippen LogP) is 2.16. The van der Waals surface area contributed by atoms with Gasteiger partial charge in [-0.05, 0) is 30.2 Å². The van der Waals surface area contributed by atoms with Gasteiger partial charge in [-0.25, -0.2) is 22.9 Å². The molecular weight excluding hydrogens is 466 g/mol. The second-order valence-corrected chi connectivity index (χ2v) is 9.38. The normalized spacial score (nSPS) is 14.3. The summed E-state index contributed by atoms with van der Waals surface area (Å²) in [4.78, 5) is 20.9. The van der Waals surface area contributed by atoms with Crippen molar-refractivity contribution < 1.29 is 13.2 Å². The lowest BCUT2D eigenvalue weighted by Crippen LogP contribution is -2.35. The maximum absolute atomic E-state index is 12.5. The Labute approximate surface area is 204 Å².